The summed E-state index contributed by atoms with van der Waals surface area (Å²) >= 11 is 6.27. The number of rotatable bonds is 5. The first-order valence-corrected chi connectivity index (χ1v) is 9.09. The number of nitrogens with zero attached hydrogens (tertiary/aromatic N) is 2. The van der Waals surface area contributed by atoms with Crippen molar-refractivity contribution < 1.29 is 0 Å². The average molecular weight is 310 g/mol. The Balaban J connectivity index is 1.56. The third-order valence-electron chi connectivity index (χ3n) is 5.49. The molecule has 21 heavy (non-hydrogen) atoms. The topological polar surface area (TPSA) is 29.9 Å². The summed E-state index contributed by atoms with van der Waals surface area (Å²) in [5.41, 5.74) is 1.29. The average Bonchev–Trinajstić information content (AvgIpc) is 3.18. The van der Waals surface area contributed by atoms with E-state index < -0.39 is 0 Å². The molecule has 2 saturated carbocycles. The fourth-order valence-corrected chi connectivity index (χ4v) is 4.16. The van der Waals surface area contributed by atoms with E-state index in [2.05, 4.69) is 29.2 Å². The molecule has 0 saturated heterocycles. The molecule has 0 spiro atoms. The summed E-state index contributed by atoms with van der Waals surface area (Å²) in [4.78, 5) is 0. The molecule has 2 fully saturated rings. The smallest absolute Gasteiger partial charge is 0.0762 e. The van der Waals surface area contributed by atoms with Gasteiger partial charge in [-0.3, -0.25) is 4.68 Å². The van der Waals surface area contributed by atoms with Gasteiger partial charge in [0.15, 0.2) is 0 Å². The molecule has 4 heteroatoms. The summed E-state index contributed by atoms with van der Waals surface area (Å²) in [6.07, 6.45) is 12.4. The summed E-state index contributed by atoms with van der Waals surface area (Å²) in [7, 11) is 0. The molecule has 3 nitrogen and oxygen atoms in total. The van der Waals surface area contributed by atoms with E-state index in [1.54, 1.807) is 0 Å². The largest absolute Gasteiger partial charge is 0.304 e. The first-order chi connectivity index (χ1) is 10.2. The van der Waals surface area contributed by atoms with Crippen molar-refractivity contribution in [1.82, 2.24) is 15.1 Å². The van der Waals surface area contributed by atoms with Crippen molar-refractivity contribution in [3.05, 3.63) is 18.0 Å². The van der Waals surface area contributed by atoms with Gasteiger partial charge in [-0.1, -0.05) is 19.8 Å². The predicted octanol–water partition coefficient (Wildman–Crippen LogP) is 4.28. The summed E-state index contributed by atoms with van der Waals surface area (Å²) in [6.45, 7) is 3.20. The van der Waals surface area contributed by atoms with Crippen molar-refractivity contribution in [1.29, 1.82) is 0 Å². The molecule has 0 atom stereocenters. The molecule has 1 aromatic heterocycles. The second kappa shape index (κ2) is 6.70. The van der Waals surface area contributed by atoms with E-state index in [0.717, 1.165) is 18.2 Å². The fraction of sp³-hybridized carbons (Fsp3) is 0.824. The number of nitrogens with one attached hydrogen (secondary N) is 1. The highest BCUT2D eigenvalue weighted by atomic mass is 35.5. The van der Waals surface area contributed by atoms with Gasteiger partial charge in [0.25, 0.3) is 0 Å². The number of hydrogen-bond acceptors (Lipinski definition) is 2. The molecule has 1 N–H and O–H groups in total. The molecule has 118 valence electrons. The monoisotopic (exact) mass is 309 g/mol. The molecule has 3 rings (SSSR count). The van der Waals surface area contributed by atoms with Crippen LogP contribution in [0.4, 0.5) is 0 Å². The van der Waals surface area contributed by atoms with Crippen LogP contribution < -0.4 is 5.32 Å². The van der Waals surface area contributed by atoms with Gasteiger partial charge in [0.05, 0.1) is 11.7 Å². The van der Waals surface area contributed by atoms with Gasteiger partial charge in [-0.25, -0.2) is 0 Å². The maximum Gasteiger partial charge on any atom is 0.0762 e. The minimum atomic E-state index is 0.130. The Labute approximate surface area is 133 Å². The van der Waals surface area contributed by atoms with E-state index in [4.69, 9.17) is 16.7 Å². The lowest BCUT2D eigenvalue weighted by Gasteiger charge is -2.38. The molecular formula is C17H28ClN3. The van der Waals surface area contributed by atoms with Crippen LogP contribution in [0.1, 0.15) is 70.0 Å². The highest BCUT2D eigenvalue weighted by Crippen LogP contribution is 2.33. The molecular weight excluding hydrogens is 282 g/mol. The highest BCUT2D eigenvalue weighted by molar-refractivity contribution is 6.18. The van der Waals surface area contributed by atoms with Crippen molar-refractivity contribution in [3.63, 3.8) is 0 Å². The Morgan fingerprint density at radius 1 is 1.29 bits per heavy atom. The molecule has 2 aliphatic rings. The van der Waals surface area contributed by atoms with Gasteiger partial charge in [-0.2, -0.15) is 5.10 Å². The number of halogens is 1. The van der Waals surface area contributed by atoms with Gasteiger partial charge in [-0.05, 0) is 50.5 Å². The first-order valence-electron chi connectivity index (χ1n) is 8.56. The Morgan fingerprint density at radius 3 is 2.67 bits per heavy atom. The lowest BCUT2D eigenvalue weighted by Crippen LogP contribution is -2.49. The molecule has 0 bridgehead atoms. The lowest BCUT2D eigenvalue weighted by atomic mass is 9.78. The molecule has 0 amide bonds. The van der Waals surface area contributed by atoms with Crippen LogP contribution in [0.2, 0.25) is 0 Å². The maximum absolute atomic E-state index is 6.27. The van der Waals surface area contributed by atoms with Crippen molar-refractivity contribution in [2.75, 3.05) is 5.88 Å². The third kappa shape index (κ3) is 3.62. The Bertz CT molecular complexity index is 443. The molecule has 1 heterocycles. The standard InChI is InChI=1S/C17H28ClN3/c1-14-6-9-17(13-18,10-7-14)19-12-15-8-11-21(20-15)16-4-2-3-5-16/h8,11,14,16,19H,2-7,9-10,12-13H2,1H3. The number of hydrogen-bond donors (Lipinski definition) is 1. The normalized spacial score (nSPS) is 30.9. The Hall–Kier alpha value is -0.540. The summed E-state index contributed by atoms with van der Waals surface area (Å²) in [5.74, 6) is 1.56. The van der Waals surface area contributed by atoms with Crippen molar-refractivity contribution in [2.45, 2.75) is 76.4 Å². The second-order valence-electron chi connectivity index (χ2n) is 7.18. The van der Waals surface area contributed by atoms with Crippen molar-refractivity contribution in [3.8, 4) is 0 Å². The fourth-order valence-electron chi connectivity index (χ4n) is 3.79. The van der Waals surface area contributed by atoms with Gasteiger partial charge < -0.3 is 5.32 Å². The van der Waals surface area contributed by atoms with Crippen LogP contribution in [0, 0.1) is 5.92 Å². The highest BCUT2D eigenvalue weighted by Gasteiger charge is 2.33. The van der Waals surface area contributed by atoms with Crippen LogP contribution in [-0.2, 0) is 6.54 Å². The van der Waals surface area contributed by atoms with Crippen LogP contribution >= 0.6 is 11.6 Å². The maximum atomic E-state index is 6.27. The zero-order chi connectivity index (χ0) is 14.7. The molecule has 0 aromatic carbocycles. The van der Waals surface area contributed by atoms with Gasteiger partial charge in [0.1, 0.15) is 0 Å². The van der Waals surface area contributed by atoms with Gasteiger partial charge in [0, 0.05) is 24.2 Å². The second-order valence-corrected chi connectivity index (χ2v) is 7.44. The molecule has 0 unspecified atom stereocenters. The van der Waals surface area contributed by atoms with E-state index in [-0.39, 0.29) is 5.54 Å². The van der Waals surface area contributed by atoms with Crippen LogP contribution in [0.15, 0.2) is 12.3 Å². The quantitative estimate of drug-likeness (QED) is 0.823. The van der Waals surface area contributed by atoms with Gasteiger partial charge in [-0.15, -0.1) is 11.6 Å². The van der Waals surface area contributed by atoms with E-state index >= 15 is 0 Å². The number of aromatic nitrogens is 2. The summed E-state index contributed by atoms with van der Waals surface area (Å²) in [6, 6.07) is 2.80. The van der Waals surface area contributed by atoms with Crippen molar-refractivity contribution >= 4 is 11.6 Å². The molecule has 1 aromatic rings. The minimum absolute atomic E-state index is 0.130. The van der Waals surface area contributed by atoms with E-state index in [1.165, 1.54) is 51.4 Å². The summed E-state index contributed by atoms with van der Waals surface area (Å²) < 4.78 is 2.18. The molecule has 0 radical (unpaired) electrons. The Kier molecular flexibility index (Phi) is 4.90. The number of alkyl halides is 1. The zero-order valence-corrected chi connectivity index (χ0v) is 13.9. The minimum Gasteiger partial charge on any atom is -0.304 e. The van der Waals surface area contributed by atoms with Crippen LogP contribution in [0.3, 0.4) is 0 Å². The third-order valence-corrected chi connectivity index (χ3v) is 6.01. The molecule has 2 aliphatic carbocycles. The Morgan fingerprint density at radius 2 is 2.00 bits per heavy atom. The van der Waals surface area contributed by atoms with Crippen LogP contribution in [-0.4, -0.2) is 21.2 Å². The van der Waals surface area contributed by atoms with Crippen LogP contribution in [0.25, 0.3) is 0 Å². The van der Waals surface area contributed by atoms with E-state index in [0.29, 0.717) is 11.9 Å². The predicted molar refractivity (Wildman–Crippen MR) is 87.7 cm³/mol. The van der Waals surface area contributed by atoms with E-state index in [9.17, 15) is 0 Å². The van der Waals surface area contributed by atoms with Crippen LogP contribution in [0.5, 0.6) is 0 Å². The summed E-state index contributed by atoms with van der Waals surface area (Å²) in [5, 5.41) is 8.49. The molecule has 0 aliphatic heterocycles. The van der Waals surface area contributed by atoms with E-state index in [1.807, 2.05) is 0 Å². The van der Waals surface area contributed by atoms with Gasteiger partial charge in [0.2, 0.25) is 0 Å². The first kappa shape index (κ1) is 15.4. The van der Waals surface area contributed by atoms with Crippen molar-refractivity contribution in [2.24, 2.45) is 5.92 Å². The zero-order valence-electron chi connectivity index (χ0n) is 13.2. The van der Waals surface area contributed by atoms with Gasteiger partial charge >= 0.3 is 0 Å². The SMILES string of the molecule is CC1CCC(CCl)(NCc2ccn(C3CCCC3)n2)CC1. The lowest BCUT2D eigenvalue weighted by molar-refractivity contribution is 0.215.